The molecule has 0 fully saturated rings. The molecule has 0 aliphatic heterocycles. The molecule has 98 valence electrons. The number of nitrogen functional groups attached to an aromatic ring is 1. The van der Waals surface area contributed by atoms with E-state index in [1.54, 1.807) is 42.5 Å². The Morgan fingerprint density at radius 1 is 1.05 bits per heavy atom. The molecule has 2 aromatic rings. The van der Waals surface area contributed by atoms with Crippen LogP contribution in [0.2, 0.25) is 10.0 Å². The van der Waals surface area contributed by atoms with Crippen molar-refractivity contribution in [2.45, 2.75) is 5.92 Å². The van der Waals surface area contributed by atoms with E-state index >= 15 is 0 Å². The van der Waals surface area contributed by atoms with Gasteiger partial charge in [0, 0.05) is 21.3 Å². The molecule has 0 aromatic heterocycles. The summed E-state index contributed by atoms with van der Waals surface area (Å²) in [6, 6.07) is 11.7. The Bertz CT molecular complexity index is 608. The molecule has 0 aliphatic rings. The van der Waals surface area contributed by atoms with Gasteiger partial charge in [0.05, 0.1) is 0 Å². The van der Waals surface area contributed by atoms with Crippen LogP contribution in [0.4, 0.5) is 5.69 Å². The minimum atomic E-state index is -1.05. The average molecular weight is 296 g/mol. The van der Waals surface area contributed by atoms with Crippen LogP contribution in [-0.2, 0) is 4.79 Å². The van der Waals surface area contributed by atoms with Crippen LogP contribution in [-0.4, -0.2) is 11.1 Å². The second kappa shape index (κ2) is 5.51. The Labute approximate surface area is 120 Å². The van der Waals surface area contributed by atoms with Gasteiger partial charge < -0.3 is 10.8 Å². The van der Waals surface area contributed by atoms with E-state index in [-0.39, 0.29) is 0 Å². The lowest BCUT2D eigenvalue weighted by Crippen LogP contribution is -2.15. The van der Waals surface area contributed by atoms with Crippen molar-refractivity contribution in [1.29, 1.82) is 0 Å². The van der Waals surface area contributed by atoms with Crippen LogP contribution in [0.15, 0.2) is 42.5 Å². The first-order chi connectivity index (χ1) is 9.02. The number of carbonyl (C=O) groups is 1. The first-order valence-corrected chi connectivity index (χ1v) is 6.29. The lowest BCUT2D eigenvalue weighted by atomic mass is 9.90. The maximum atomic E-state index is 11.6. The number of hydrogen-bond acceptors (Lipinski definition) is 2. The quantitative estimate of drug-likeness (QED) is 0.847. The first kappa shape index (κ1) is 13.7. The van der Waals surface area contributed by atoms with Gasteiger partial charge >= 0.3 is 5.97 Å². The third kappa shape index (κ3) is 2.67. The summed E-state index contributed by atoms with van der Waals surface area (Å²) >= 11 is 12.2. The predicted molar refractivity (Wildman–Crippen MR) is 76.8 cm³/mol. The zero-order chi connectivity index (χ0) is 14.0. The second-order valence-electron chi connectivity index (χ2n) is 4.04. The molecule has 1 unspecified atom stereocenters. The second-order valence-corrected chi connectivity index (χ2v) is 4.85. The molecule has 19 heavy (non-hydrogen) atoms. The number of nitrogens with two attached hydrogens (primary N) is 1. The van der Waals surface area contributed by atoms with E-state index in [2.05, 4.69) is 0 Å². The van der Waals surface area contributed by atoms with Crippen molar-refractivity contribution >= 4 is 34.9 Å². The summed E-state index contributed by atoms with van der Waals surface area (Å²) in [7, 11) is 0. The highest BCUT2D eigenvalue weighted by molar-refractivity contribution is 6.36. The van der Waals surface area contributed by atoms with Crippen molar-refractivity contribution in [2.24, 2.45) is 0 Å². The van der Waals surface area contributed by atoms with E-state index < -0.39 is 11.9 Å². The Hall–Kier alpha value is -1.71. The molecule has 2 rings (SSSR count). The Balaban J connectivity index is 2.66. The zero-order valence-electron chi connectivity index (χ0n) is 9.81. The van der Waals surface area contributed by atoms with Crippen molar-refractivity contribution in [1.82, 2.24) is 0 Å². The van der Waals surface area contributed by atoms with E-state index in [1.165, 1.54) is 0 Å². The third-order valence-electron chi connectivity index (χ3n) is 2.84. The van der Waals surface area contributed by atoms with E-state index in [0.717, 1.165) is 0 Å². The lowest BCUT2D eigenvalue weighted by molar-refractivity contribution is -0.137. The van der Waals surface area contributed by atoms with Crippen LogP contribution < -0.4 is 5.73 Å². The predicted octanol–water partition coefficient (Wildman–Crippen LogP) is 3.79. The molecule has 3 nitrogen and oxygen atoms in total. The van der Waals surface area contributed by atoms with Crippen molar-refractivity contribution in [3.8, 4) is 0 Å². The molecule has 0 bridgehead atoms. The molecule has 0 radical (unpaired) electrons. The summed E-state index contributed by atoms with van der Waals surface area (Å²) in [6.07, 6.45) is 0. The Kier molecular flexibility index (Phi) is 3.98. The van der Waals surface area contributed by atoms with Gasteiger partial charge in [-0.1, -0.05) is 47.5 Å². The number of carboxylic acid groups (broad SMARTS) is 1. The van der Waals surface area contributed by atoms with Gasteiger partial charge in [-0.15, -0.1) is 0 Å². The number of hydrogen-bond donors (Lipinski definition) is 2. The molecule has 0 aliphatic carbocycles. The van der Waals surface area contributed by atoms with E-state index in [9.17, 15) is 9.90 Å². The highest BCUT2D eigenvalue weighted by Crippen LogP contribution is 2.37. The number of aliphatic carboxylic acids is 1. The van der Waals surface area contributed by atoms with Gasteiger partial charge in [0.1, 0.15) is 5.92 Å². The minimum Gasteiger partial charge on any atom is -0.481 e. The normalized spacial score (nSPS) is 12.1. The highest BCUT2D eigenvalue weighted by atomic mass is 35.5. The van der Waals surface area contributed by atoms with Crippen LogP contribution >= 0.6 is 23.2 Å². The van der Waals surface area contributed by atoms with Crippen molar-refractivity contribution in [3.05, 3.63) is 63.6 Å². The number of anilines is 1. The van der Waals surface area contributed by atoms with Crippen LogP contribution in [0.3, 0.4) is 0 Å². The third-order valence-corrected chi connectivity index (χ3v) is 3.50. The van der Waals surface area contributed by atoms with Crippen molar-refractivity contribution < 1.29 is 9.90 Å². The van der Waals surface area contributed by atoms with E-state index in [1.807, 2.05) is 0 Å². The largest absolute Gasteiger partial charge is 0.481 e. The van der Waals surface area contributed by atoms with Gasteiger partial charge in [0.25, 0.3) is 0 Å². The molecule has 0 heterocycles. The topological polar surface area (TPSA) is 63.3 Å². The molecular weight excluding hydrogens is 285 g/mol. The summed E-state index contributed by atoms with van der Waals surface area (Å²) in [4.78, 5) is 11.6. The van der Waals surface area contributed by atoms with Crippen LogP contribution in [0.1, 0.15) is 17.0 Å². The highest BCUT2D eigenvalue weighted by Gasteiger charge is 2.28. The van der Waals surface area contributed by atoms with Gasteiger partial charge in [-0.2, -0.15) is 0 Å². The van der Waals surface area contributed by atoms with E-state index in [4.69, 9.17) is 28.9 Å². The van der Waals surface area contributed by atoms with Crippen LogP contribution in [0, 0.1) is 0 Å². The minimum absolute atomic E-state index is 0.308. The molecule has 3 N–H and O–H groups in total. The maximum absolute atomic E-state index is 11.6. The van der Waals surface area contributed by atoms with Gasteiger partial charge in [0.15, 0.2) is 0 Å². The molecule has 5 heteroatoms. The Morgan fingerprint density at radius 3 is 2.16 bits per heavy atom. The summed E-state index contributed by atoms with van der Waals surface area (Å²) in [5.74, 6) is -2.03. The van der Waals surface area contributed by atoms with Crippen molar-refractivity contribution in [2.75, 3.05) is 5.73 Å². The molecule has 0 saturated carbocycles. The monoisotopic (exact) mass is 295 g/mol. The number of halogens is 2. The smallest absolute Gasteiger partial charge is 0.315 e. The molecule has 0 amide bonds. The number of para-hydroxylation sites is 1. The molecule has 0 spiro atoms. The average Bonchev–Trinajstić information content (AvgIpc) is 2.35. The summed E-state index contributed by atoms with van der Waals surface area (Å²) in [5.41, 5.74) is 7.08. The van der Waals surface area contributed by atoms with Gasteiger partial charge in [-0.3, -0.25) is 4.79 Å². The van der Waals surface area contributed by atoms with Crippen LogP contribution in [0.5, 0.6) is 0 Å². The number of carboxylic acids is 1. The summed E-state index contributed by atoms with van der Waals surface area (Å²) < 4.78 is 0. The van der Waals surface area contributed by atoms with E-state index in [0.29, 0.717) is 26.9 Å². The fourth-order valence-corrected chi connectivity index (χ4v) is 2.59. The summed E-state index contributed by atoms with van der Waals surface area (Å²) in [5, 5.41) is 10.1. The van der Waals surface area contributed by atoms with Gasteiger partial charge in [-0.25, -0.2) is 0 Å². The SMILES string of the molecule is Nc1ccccc1C(C(=O)O)c1c(Cl)cccc1Cl. The molecular formula is C14H11Cl2NO2. The molecule has 2 aromatic carbocycles. The maximum Gasteiger partial charge on any atom is 0.315 e. The number of rotatable bonds is 3. The zero-order valence-corrected chi connectivity index (χ0v) is 11.3. The standard InChI is InChI=1S/C14H11Cl2NO2/c15-9-5-3-6-10(16)13(9)12(14(18)19)8-4-1-2-7-11(8)17/h1-7,12H,17H2,(H,18,19). The first-order valence-electron chi connectivity index (χ1n) is 5.53. The fraction of sp³-hybridized carbons (Fsp3) is 0.0714. The molecule has 1 atom stereocenters. The van der Waals surface area contributed by atoms with Crippen molar-refractivity contribution in [3.63, 3.8) is 0 Å². The van der Waals surface area contributed by atoms with Gasteiger partial charge in [-0.05, 0) is 23.8 Å². The van der Waals surface area contributed by atoms with Gasteiger partial charge in [0.2, 0.25) is 0 Å². The fourth-order valence-electron chi connectivity index (χ4n) is 1.97. The number of benzene rings is 2. The molecule has 0 saturated heterocycles. The van der Waals surface area contributed by atoms with Crippen LogP contribution in [0.25, 0.3) is 0 Å². The lowest BCUT2D eigenvalue weighted by Gasteiger charge is -2.18. The summed E-state index contributed by atoms with van der Waals surface area (Å²) in [6.45, 7) is 0. The Morgan fingerprint density at radius 2 is 1.63 bits per heavy atom.